The molecular formula is C20H25ClNO3-. The van der Waals surface area contributed by atoms with Gasteiger partial charge in [-0.25, -0.2) is 0 Å². The smallest absolute Gasteiger partial charge is 0.251 e. The van der Waals surface area contributed by atoms with Gasteiger partial charge in [-0.3, -0.25) is 4.79 Å². The molecule has 0 radical (unpaired) electrons. The van der Waals surface area contributed by atoms with Gasteiger partial charge in [-0.15, -0.1) is 0 Å². The van der Waals surface area contributed by atoms with Crippen LogP contribution in [0.3, 0.4) is 0 Å². The van der Waals surface area contributed by atoms with Gasteiger partial charge < -0.3 is 15.2 Å². The van der Waals surface area contributed by atoms with E-state index in [2.05, 4.69) is 12.2 Å². The zero-order valence-corrected chi connectivity index (χ0v) is 15.8. The maximum atomic E-state index is 13.3. The lowest BCUT2D eigenvalue weighted by atomic mass is 9.76. The summed E-state index contributed by atoms with van der Waals surface area (Å²) < 4.78 is 5.72. The Kier molecular flexibility index (Phi) is 5.01. The van der Waals surface area contributed by atoms with E-state index < -0.39 is 5.54 Å². The maximum Gasteiger partial charge on any atom is 0.251 e. The van der Waals surface area contributed by atoms with Crippen LogP contribution in [-0.4, -0.2) is 18.1 Å². The van der Waals surface area contributed by atoms with E-state index in [0.29, 0.717) is 48.1 Å². The molecule has 1 spiro atoms. The van der Waals surface area contributed by atoms with E-state index in [1.807, 2.05) is 19.9 Å². The second-order valence-electron chi connectivity index (χ2n) is 7.15. The fraction of sp³-hybridized carbons (Fsp3) is 0.550. The lowest BCUT2D eigenvalue weighted by Crippen LogP contribution is -2.49. The Labute approximate surface area is 154 Å². The highest BCUT2D eigenvalue weighted by molar-refractivity contribution is 6.31. The van der Waals surface area contributed by atoms with Gasteiger partial charge >= 0.3 is 0 Å². The minimum absolute atomic E-state index is 0.0811. The number of benzene rings is 1. The highest BCUT2D eigenvalue weighted by atomic mass is 35.5. The molecule has 0 saturated heterocycles. The number of amides is 1. The molecule has 1 amide bonds. The number of carbonyl (C=O) groups is 1. The zero-order chi connectivity index (χ0) is 18.2. The molecule has 1 aromatic carbocycles. The van der Waals surface area contributed by atoms with Crippen LogP contribution in [0.25, 0.3) is 5.57 Å². The van der Waals surface area contributed by atoms with Gasteiger partial charge in [0.1, 0.15) is 5.75 Å². The summed E-state index contributed by atoms with van der Waals surface area (Å²) in [6.45, 7) is 6.50. The molecule has 0 unspecified atom stereocenters. The van der Waals surface area contributed by atoms with E-state index in [-0.39, 0.29) is 17.2 Å². The molecule has 25 heavy (non-hydrogen) atoms. The van der Waals surface area contributed by atoms with Crippen molar-refractivity contribution in [2.75, 3.05) is 6.61 Å². The van der Waals surface area contributed by atoms with Crippen molar-refractivity contribution >= 4 is 23.1 Å². The summed E-state index contributed by atoms with van der Waals surface area (Å²) in [5.74, 6) is 0.756. The van der Waals surface area contributed by atoms with Crippen LogP contribution in [0.15, 0.2) is 17.9 Å². The minimum Gasteiger partial charge on any atom is -0.873 e. The van der Waals surface area contributed by atoms with Crippen molar-refractivity contribution in [2.45, 2.75) is 58.4 Å². The number of nitrogens with one attached hydrogen (secondary N) is 1. The average Bonchev–Trinajstić information content (AvgIpc) is 2.81. The second-order valence-corrected chi connectivity index (χ2v) is 7.58. The van der Waals surface area contributed by atoms with Gasteiger partial charge in [0.15, 0.2) is 0 Å². The lowest BCUT2D eigenvalue weighted by Gasteiger charge is -2.41. The third-order valence-electron chi connectivity index (χ3n) is 5.45. The minimum atomic E-state index is -0.729. The number of hydrogen-bond donors (Lipinski definition) is 1. The van der Waals surface area contributed by atoms with Gasteiger partial charge in [0.05, 0.1) is 12.1 Å². The Morgan fingerprint density at radius 1 is 1.32 bits per heavy atom. The van der Waals surface area contributed by atoms with E-state index >= 15 is 0 Å². The molecule has 0 aromatic heterocycles. The lowest BCUT2D eigenvalue weighted by molar-refractivity contribution is -0.317. The van der Waals surface area contributed by atoms with Crippen molar-refractivity contribution in [1.82, 2.24) is 5.32 Å². The fourth-order valence-electron chi connectivity index (χ4n) is 3.98. The number of hydrogen-bond acceptors (Lipinski definition) is 3. The quantitative estimate of drug-likeness (QED) is 0.892. The summed E-state index contributed by atoms with van der Waals surface area (Å²) >= 11 is 6.20. The van der Waals surface area contributed by atoms with Crippen LogP contribution >= 0.6 is 11.6 Å². The molecule has 1 aromatic rings. The Morgan fingerprint density at radius 2 is 2.00 bits per heavy atom. The van der Waals surface area contributed by atoms with Crippen LogP contribution in [0.4, 0.5) is 0 Å². The first-order valence-electron chi connectivity index (χ1n) is 9.11. The highest BCUT2D eigenvalue weighted by Crippen LogP contribution is 2.44. The molecular weight excluding hydrogens is 338 g/mol. The molecule has 3 rings (SSSR count). The molecule has 4 nitrogen and oxygen atoms in total. The van der Waals surface area contributed by atoms with Crippen molar-refractivity contribution < 1.29 is 14.6 Å². The average molecular weight is 363 g/mol. The van der Waals surface area contributed by atoms with E-state index in [1.54, 1.807) is 6.07 Å². The Morgan fingerprint density at radius 3 is 2.60 bits per heavy atom. The van der Waals surface area contributed by atoms with Gasteiger partial charge in [0, 0.05) is 16.2 Å². The number of halogens is 1. The molecule has 1 aliphatic carbocycles. The van der Waals surface area contributed by atoms with Gasteiger partial charge in [0.2, 0.25) is 0 Å². The standard InChI is InChI=1S/C20H26ClNO3/c1-4-13-10-14(21)11-15(25-5-2)16(13)17-18(23)20(22-19(17)24)8-6-12(3)7-9-20/h10-12,23H,4-9H2,1-3H3,(H,22,24)/p-1. The number of rotatable bonds is 4. The molecule has 0 atom stereocenters. The van der Waals surface area contributed by atoms with Gasteiger partial charge in [-0.05, 0) is 62.6 Å². The molecule has 1 heterocycles. The SMILES string of the molecule is CCOc1cc(Cl)cc(CC)c1C1=C([O-])C2(CCC(C)CC2)NC1=O. The number of ether oxygens (including phenoxy) is 1. The molecule has 1 saturated carbocycles. The predicted molar refractivity (Wildman–Crippen MR) is 97.4 cm³/mol. The van der Waals surface area contributed by atoms with Crippen molar-refractivity contribution in [3.63, 3.8) is 0 Å². The predicted octanol–water partition coefficient (Wildman–Crippen LogP) is 3.45. The van der Waals surface area contributed by atoms with Crippen LogP contribution in [0.1, 0.15) is 57.6 Å². The first-order valence-corrected chi connectivity index (χ1v) is 9.49. The van der Waals surface area contributed by atoms with E-state index in [9.17, 15) is 9.90 Å². The van der Waals surface area contributed by atoms with Crippen LogP contribution in [0.5, 0.6) is 5.75 Å². The third kappa shape index (κ3) is 3.12. The maximum absolute atomic E-state index is 13.3. The Hall–Kier alpha value is -1.68. The zero-order valence-electron chi connectivity index (χ0n) is 15.1. The topological polar surface area (TPSA) is 61.4 Å². The van der Waals surface area contributed by atoms with Crippen molar-refractivity contribution in [3.8, 4) is 5.75 Å². The number of carbonyl (C=O) groups excluding carboxylic acids is 1. The van der Waals surface area contributed by atoms with Crippen LogP contribution in [-0.2, 0) is 11.2 Å². The third-order valence-corrected chi connectivity index (χ3v) is 5.67. The fourth-order valence-corrected chi connectivity index (χ4v) is 4.21. The van der Waals surface area contributed by atoms with Crippen molar-refractivity contribution in [1.29, 1.82) is 0 Å². The number of aryl methyl sites for hydroxylation is 1. The monoisotopic (exact) mass is 362 g/mol. The molecule has 0 bridgehead atoms. The molecule has 1 N–H and O–H groups in total. The second kappa shape index (κ2) is 6.91. The Balaban J connectivity index is 2.14. The van der Waals surface area contributed by atoms with Gasteiger partial charge in [-0.1, -0.05) is 31.2 Å². The largest absolute Gasteiger partial charge is 0.873 e. The van der Waals surface area contributed by atoms with Gasteiger partial charge in [0.25, 0.3) is 5.91 Å². The molecule has 136 valence electrons. The normalized spacial score (nSPS) is 26.2. The van der Waals surface area contributed by atoms with Crippen molar-refractivity contribution in [2.24, 2.45) is 5.92 Å². The molecule has 2 aliphatic rings. The van der Waals surface area contributed by atoms with Gasteiger partial charge in [-0.2, -0.15) is 0 Å². The van der Waals surface area contributed by atoms with E-state index in [0.717, 1.165) is 18.4 Å². The summed E-state index contributed by atoms with van der Waals surface area (Å²) in [5.41, 5.74) is 1.00. The summed E-state index contributed by atoms with van der Waals surface area (Å²) in [6, 6.07) is 3.52. The summed E-state index contributed by atoms with van der Waals surface area (Å²) in [7, 11) is 0. The molecule has 1 fully saturated rings. The first kappa shape index (κ1) is 18.1. The van der Waals surface area contributed by atoms with Crippen molar-refractivity contribution in [3.05, 3.63) is 34.0 Å². The Bertz CT molecular complexity index is 718. The molecule has 5 heteroatoms. The van der Waals surface area contributed by atoms with Crippen LogP contribution in [0.2, 0.25) is 5.02 Å². The van der Waals surface area contributed by atoms with E-state index in [4.69, 9.17) is 16.3 Å². The summed E-state index contributed by atoms with van der Waals surface area (Å²) in [6.07, 6.45) is 4.00. The molecule has 1 aliphatic heterocycles. The summed E-state index contributed by atoms with van der Waals surface area (Å²) in [5, 5.41) is 16.9. The first-order chi connectivity index (χ1) is 11.9. The summed E-state index contributed by atoms with van der Waals surface area (Å²) in [4.78, 5) is 12.8. The van der Waals surface area contributed by atoms with Crippen LogP contribution in [0, 0.1) is 5.92 Å². The van der Waals surface area contributed by atoms with Crippen LogP contribution < -0.4 is 15.2 Å². The highest BCUT2D eigenvalue weighted by Gasteiger charge is 2.43. The van der Waals surface area contributed by atoms with E-state index in [1.165, 1.54) is 0 Å².